The summed E-state index contributed by atoms with van der Waals surface area (Å²) in [4.78, 5) is 13.2. The number of rotatable bonds is 6. The SMILES string of the molecule is c1cncc(-n2cc(CN3CCCNCCN(Cc4cn(-c5cccnc5)nn4)CCCNCC3)nn2)c1. The Kier molecular flexibility index (Phi) is 9.47. The normalized spacial score (nSPS) is 17.3. The molecule has 200 valence electrons. The number of nitrogens with one attached hydrogen (secondary N) is 2. The predicted molar refractivity (Wildman–Crippen MR) is 144 cm³/mol. The highest BCUT2D eigenvalue weighted by Gasteiger charge is 2.13. The van der Waals surface area contributed by atoms with Crippen molar-refractivity contribution in [1.29, 1.82) is 0 Å². The van der Waals surface area contributed by atoms with Gasteiger partial charge >= 0.3 is 0 Å². The van der Waals surface area contributed by atoms with E-state index in [9.17, 15) is 0 Å². The minimum absolute atomic E-state index is 0.787. The van der Waals surface area contributed by atoms with Crippen molar-refractivity contribution in [3.63, 3.8) is 0 Å². The first-order chi connectivity index (χ1) is 18.8. The van der Waals surface area contributed by atoms with Gasteiger partial charge in [0.15, 0.2) is 0 Å². The van der Waals surface area contributed by atoms with Crippen molar-refractivity contribution in [3.8, 4) is 11.4 Å². The van der Waals surface area contributed by atoms with Gasteiger partial charge in [-0.25, -0.2) is 9.36 Å². The second-order valence-corrected chi connectivity index (χ2v) is 9.49. The number of hydrogen-bond acceptors (Lipinski definition) is 10. The van der Waals surface area contributed by atoms with Gasteiger partial charge in [0.1, 0.15) is 0 Å². The van der Waals surface area contributed by atoms with Crippen molar-refractivity contribution in [1.82, 2.24) is 60.4 Å². The third-order valence-electron chi connectivity index (χ3n) is 6.54. The summed E-state index contributed by atoms with van der Waals surface area (Å²) in [6, 6.07) is 7.78. The van der Waals surface area contributed by atoms with E-state index in [1.165, 1.54) is 0 Å². The fourth-order valence-electron chi connectivity index (χ4n) is 4.55. The molecular formula is C26H36N12. The standard InChI is InChI=1S/C26H36N12/c1-5-25(17-29-7-1)37-21-23(31-33-37)19-35-13-3-9-28-12-16-36(14-4-10-27-11-15-35)20-24-22-38(34-32-24)26-6-2-8-30-18-26/h1-2,5-8,17-18,21-22,27-28H,3-4,9-16,19-20H2. The average molecular weight is 517 g/mol. The molecule has 12 nitrogen and oxygen atoms in total. The van der Waals surface area contributed by atoms with Gasteiger partial charge in [-0.1, -0.05) is 10.4 Å². The van der Waals surface area contributed by atoms with E-state index in [0.717, 1.165) is 101 Å². The highest BCUT2D eigenvalue weighted by Crippen LogP contribution is 2.08. The van der Waals surface area contributed by atoms with Crippen molar-refractivity contribution < 1.29 is 0 Å². The molecule has 12 heteroatoms. The molecule has 0 amide bonds. The fraction of sp³-hybridized carbons (Fsp3) is 0.462. The van der Waals surface area contributed by atoms with E-state index in [1.807, 2.05) is 36.7 Å². The molecule has 0 spiro atoms. The maximum absolute atomic E-state index is 4.39. The van der Waals surface area contributed by atoms with Gasteiger partial charge in [0, 0.05) is 51.7 Å². The summed E-state index contributed by atoms with van der Waals surface area (Å²) in [5.74, 6) is 0. The largest absolute Gasteiger partial charge is 0.315 e. The molecule has 1 fully saturated rings. The molecule has 4 aromatic heterocycles. The first kappa shape index (κ1) is 26.0. The van der Waals surface area contributed by atoms with E-state index in [4.69, 9.17) is 0 Å². The molecule has 4 aromatic rings. The lowest BCUT2D eigenvalue weighted by molar-refractivity contribution is 0.238. The molecule has 0 radical (unpaired) electrons. The van der Waals surface area contributed by atoms with Gasteiger partial charge in [0.05, 0.1) is 47.6 Å². The third kappa shape index (κ3) is 7.71. The topological polar surface area (TPSA) is 118 Å². The Morgan fingerprint density at radius 3 is 1.58 bits per heavy atom. The van der Waals surface area contributed by atoms with Crippen LogP contribution in [0.5, 0.6) is 0 Å². The second-order valence-electron chi connectivity index (χ2n) is 9.49. The van der Waals surface area contributed by atoms with E-state index in [-0.39, 0.29) is 0 Å². The van der Waals surface area contributed by atoms with Crippen LogP contribution in [-0.4, -0.2) is 102 Å². The number of hydrogen-bond donors (Lipinski definition) is 2. The van der Waals surface area contributed by atoms with E-state index in [1.54, 1.807) is 34.2 Å². The highest BCUT2D eigenvalue weighted by atomic mass is 15.4. The molecule has 0 atom stereocenters. The van der Waals surface area contributed by atoms with Crippen LogP contribution in [0.1, 0.15) is 24.2 Å². The summed E-state index contributed by atoms with van der Waals surface area (Å²) in [7, 11) is 0. The van der Waals surface area contributed by atoms with E-state index in [2.05, 4.69) is 51.0 Å². The molecule has 38 heavy (non-hydrogen) atoms. The molecule has 2 N–H and O–H groups in total. The molecule has 0 aliphatic carbocycles. The lowest BCUT2D eigenvalue weighted by atomic mass is 10.3. The average Bonchev–Trinajstić information content (AvgIpc) is 3.63. The maximum atomic E-state index is 4.39. The van der Waals surface area contributed by atoms with Crippen LogP contribution in [-0.2, 0) is 13.1 Å². The molecular weight excluding hydrogens is 480 g/mol. The first-order valence-corrected chi connectivity index (χ1v) is 13.3. The zero-order valence-corrected chi connectivity index (χ0v) is 21.7. The Labute approximate surface area is 223 Å². The van der Waals surface area contributed by atoms with Gasteiger partial charge in [-0.05, 0) is 63.3 Å². The predicted octanol–water partition coefficient (Wildman–Crippen LogP) is 0.915. The smallest absolute Gasteiger partial charge is 0.0971 e. The zero-order valence-electron chi connectivity index (χ0n) is 21.7. The van der Waals surface area contributed by atoms with Crippen LogP contribution in [0.4, 0.5) is 0 Å². The molecule has 0 aromatic carbocycles. The Hall–Kier alpha value is -3.58. The van der Waals surface area contributed by atoms with Crippen molar-refractivity contribution >= 4 is 0 Å². The van der Waals surface area contributed by atoms with Gasteiger partial charge in [0.2, 0.25) is 0 Å². The van der Waals surface area contributed by atoms with Gasteiger partial charge < -0.3 is 10.6 Å². The molecule has 1 aliphatic heterocycles. The van der Waals surface area contributed by atoms with E-state index < -0.39 is 0 Å². The van der Waals surface area contributed by atoms with Crippen molar-refractivity contribution in [2.24, 2.45) is 0 Å². The van der Waals surface area contributed by atoms with E-state index >= 15 is 0 Å². The summed E-state index contributed by atoms with van der Waals surface area (Å²) < 4.78 is 3.58. The van der Waals surface area contributed by atoms with Crippen molar-refractivity contribution in [2.45, 2.75) is 25.9 Å². The van der Waals surface area contributed by atoms with Crippen LogP contribution >= 0.6 is 0 Å². The van der Waals surface area contributed by atoms with Crippen LogP contribution in [0, 0.1) is 0 Å². The monoisotopic (exact) mass is 516 g/mol. The van der Waals surface area contributed by atoms with Gasteiger partial charge in [-0.15, -0.1) is 10.2 Å². The van der Waals surface area contributed by atoms with Crippen LogP contribution < -0.4 is 10.6 Å². The van der Waals surface area contributed by atoms with Crippen LogP contribution in [0.15, 0.2) is 61.4 Å². The summed E-state index contributed by atoms with van der Waals surface area (Å²) in [6.45, 7) is 9.40. The van der Waals surface area contributed by atoms with Gasteiger partial charge in [0.25, 0.3) is 0 Å². The Morgan fingerprint density at radius 2 is 1.13 bits per heavy atom. The van der Waals surface area contributed by atoms with Crippen LogP contribution in [0.3, 0.4) is 0 Å². The Balaban J connectivity index is 1.10. The minimum atomic E-state index is 0.787. The molecule has 0 bridgehead atoms. The van der Waals surface area contributed by atoms with Crippen LogP contribution in [0.2, 0.25) is 0 Å². The Bertz CT molecular complexity index is 1100. The molecule has 0 unspecified atom stereocenters. The fourth-order valence-corrected chi connectivity index (χ4v) is 4.55. The molecule has 1 aliphatic rings. The quantitative estimate of drug-likeness (QED) is 0.383. The zero-order chi connectivity index (χ0) is 25.8. The first-order valence-electron chi connectivity index (χ1n) is 13.3. The maximum Gasteiger partial charge on any atom is 0.0971 e. The van der Waals surface area contributed by atoms with Gasteiger partial charge in [-0.2, -0.15) is 0 Å². The summed E-state index contributed by atoms with van der Waals surface area (Å²) in [5.41, 5.74) is 3.79. The highest BCUT2D eigenvalue weighted by molar-refractivity contribution is 5.26. The van der Waals surface area contributed by atoms with Crippen molar-refractivity contribution in [2.75, 3.05) is 52.4 Å². The molecule has 5 rings (SSSR count). The molecule has 5 heterocycles. The van der Waals surface area contributed by atoms with E-state index in [0.29, 0.717) is 0 Å². The lowest BCUT2D eigenvalue weighted by Crippen LogP contribution is -2.38. The number of pyridine rings is 2. The summed E-state index contributed by atoms with van der Waals surface area (Å²) in [6.07, 6.45) is 13.3. The van der Waals surface area contributed by atoms with Crippen molar-refractivity contribution in [3.05, 3.63) is 72.8 Å². The summed E-state index contributed by atoms with van der Waals surface area (Å²) >= 11 is 0. The molecule has 1 saturated heterocycles. The number of nitrogens with zero attached hydrogens (tertiary/aromatic N) is 10. The third-order valence-corrected chi connectivity index (χ3v) is 6.54. The van der Waals surface area contributed by atoms with Gasteiger partial charge in [-0.3, -0.25) is 19.8 Å². The van der Waals surface area contributed by atoms with Crippen LogP contribution in [0.25, 0.3) is 11.4 Å². The lowest BCUT2D eigenvalue weighted by Gasteiger charge is -2.24. The molecule has 0 saturated carbocycles. The Morgan fingerprint density at radius 1 is 0.632 bits per heavy atom. The summed E-state index contributed by atoms with van der Waals surface area (Å²) in [5, 5.41) is 24.6. The number of aromatic nitrogens is 8. The minimum Gasteiger partial charge on any atom is -0.315 e. The second kappa shape index (κ2) is 13.8.